The molecule has 1 aromatic heterocycles. The monoisotopic (exact) mass is 327 g/mol. The van der Waals surface area contributed by atoms with E-state index >= 15 is 0 Å². The molecule has 0 aliphatic heterocycles. The van der Waals surface area contributed by atoms with Crippen LogP contribution in [0.5, 0.6) is 0 Å². The zero-order chi connectivity index (χ0) is 17.1. The number of aromatic nitrogens is 2. The van der Waals surface area contributed by atoms with Gasteiger partial charge in [0.2, 0.25) is 5.82 Å². The maximum absolute atomic E-state index is 9.75. The Labute approximate surface area is 148 Å². The highest BCUT2D eigenvalue weighted by Crippen LogP contribution is 2.39. The Balaban J connectivity index is 1.96. The summed E-state index contributed by atoms with van der Waals surface area (Å²) in [6, 6.07) is 23.3. The van der Waals surface area contributed by atoms with Gasteiger partial charge < -0.3 is 4.57 Å². The van der Waals surface area contributed by atoms with Crippen LogP contribution in [-0.4, -0.2) is 9.55 Å². The molecule has 25 heavy (non-hydrogen) atoms. The molecule has 1 heterocycles. The molecular formula is C22H21N3. The van der Waals surface area contributed by atoms with Crippen LogP contribution >= 0.6 is 0 Å². The maximum Gasteiger partial charge on any atom is 0.214 e. The molecule has 0 bridgehead atoms. The largest absolute Gasteiger partial charge is 0.312 e. The molecule has 2 aromatic carbocycles. The van der Waals surface area contributed by atoms with Gasteiger partial charge in [-0.15, -0.1) is 0 Å². The molecule has 0 saturated heterocycles. The van der Waals surface area contributed by atoms with E-state index in [1.165, 1.54) is 19.3 Å². The molecule has 3 heteroatoms. The van der Waals surface area contributed by atoms with Crippen molar-refractivity contribution in [3.8, 4) is 28.6 Å². The fourth-order valence-electron chi connectivity index (χ4n) is 3.88. The van der Waals surface area contributed by atoms with Gasteiger partial charge in [-0.05, 0) is 12.8 Å². The Kier molecular flexibility index (Phi) is 4.35. The third-order valence-corrected chi connectivity index (χ3v) is 5.05. The molecule has 1 saturated carbocycles. The van der Waals surface area contributed by atoms with Crippen molar-refractivity contribution in [2.24, 2.45) is 0 Å². The summed E-state index contributed by atoms with van der Waals surface area (Å²) in [6.45, 7) is 0. The second kappa shape index (κ2) is 6.94. The lowest BCUT2D eigenvalue weighted by atomic mass is 9.94. The van der Waals surface area contributed by atoms with Crippen molar-refractivity contribution in [1.82, 2.24) is 9.55 Å². The van der Waals surface area contributed by atoms with Gasteiger partial charge in [-0.3, -0.25) is 0 Å². The van der Waals surface area contributed by atoms with Crippen LogP contribution in [0.3, 0.4) is 0 Å². The van der Waals surface area contributed by atoms with Gasteiger partial charge in [-0.25, -0.2) is 4.98 Å². The van der Waals surface area contributed by atoms with E-state index in [0.29, 0.717) is 11.9 Å². The maximum atomic E-state index is 9.75. The van der Waals surface area contributed by atoms with Crippen LogP contribution in [0.4, 0.5) is 0 Å². The fraction of sp³-hybridized carbons (Fsp3) is 0.273. The average Bonchev–Trinajstić information content (AvgIpc) is 3.10. The second-order valence-corrected chi connectivity index (χ2v) is 6.64. The number of nitrogens with zero attached hydrogens (tertiary/aromatic N) is 3. The summed E-state index contributed by atoms with van der Waals surface area (Å²) in [5, 5.41) is 9.75. The van der Waals surface area contributed by atoms with E-state index in [2.05, 4.69) is 34.9 Å². The third-order valence-electron chi connectivity index (χ3n) is 5.05. The van der Waals surface area contributed by atoms with Crippen molar-refractivity contribution in [1.29, 1.82) is 5.26 Å². The molecule has 1 aliphatic rings. The molecule has 0 radical (unpaired) electrons. The van der Waals surface area contributed by atoms with Gasteiger partial charge in [0.05, 0.1) is 11.4 Å². The predicted octanol–water partition coefficient (Wildman–Crippen LogP) is 5.59. The molecule has 0 N–H and O–H groups in total. The molecule has 1 fully saturated rings. The van der Waals surface area contributed by atoms with E-state index in [1.54, 1.807) is 0 Å². The van der Waals surface area contributed by atoms with Crippen molar-refractivity contribution < 1.29 is 0 Å². The topological polar surface area (TPSA) is 41.6 Å². The highest BCUT2D eigenvalue weighted by atomic mass is 15.1. The Morgan fingerprint density at radius 2 is 1.44 bits per heavy atom. The van der Waals surface area contributed by atoms with Crippen LogP contribution in [0.1, 0.15) is 44.0 Å². The first-order valence-electron chi connectivity index (χ1n) is 9.01. The van der Waals surface area contributed by atoms with Crippen LogP contribution in [0.15, 0.2) is 60.7 Å². The minimum atomic E-state index is 0.364. The van der Waals surface area contributed by atoms with E-state index in [-0.39, 0.29) is 0 Å². The van der Waals surface area contributed by atoms with Crippen LogP contribution in [0.25, 0.3) is 22.5 Å². The summed E-state index contributed by atoms with van der Waals surface area (Å²) in [7, 11) is 0. The predicted molar refractivity (Wildman–Crippen MR) is 99.9 cm³/mol. The van der Waals surface area contributed by atoms with E-state index in [9.17, 15) is 5.26 Å². The Hall–Kier alpha value is -2.86. The van der Waals surface area contributed by atoms with Gasteiger partial charge in [0.1, 0.15) is 6.07 Å². The highest BCUT2D eigenvalue weighted by Gasteiger charge is 2.26. The van der Waals surface area contributed by atoms with Crippen LogP contribution in [-0.2, 0) is 0 Å². The average molecular weight is 327 g/mol. The fourth-order valence-corrected chi connectivity index (χ4v) is 3.88. The molecule has 3 nitrogen and oxygen atoms in total. The molecule has 124 valence electrons. The van der Waals surface area contributed by atoms with E-state index in [0.717, 1.165) is 35.4 Å². The minimum absolute atomic E-state index is 0.364. The van der Waals surface area contributed by atoms with Crippen molar-refractivity contribution in [2.45, 2.75) is 38.1 Å². The summed E-state index contributed by atoms with van der Waals surface area (Å²) in [5.74, 6) is 0.532. The summed E-state index contributed by atoms with van der Waals surface area (Å²) < 4.78 is 2.21. The molecular weight excluding hydrogens is 306 g/mol. The van der Waals surface area contributed by atoms with Crippen molar-refractivity contribution in [3.05, 3.63) is 66.5 Å². The van der Waals surface area contributed by atoms with E-state index < -0.39 is 0 Å². The first kappa shape index (κ1) is 15.7. The van der Waals surface area contributed by atoms with Crippen LogP contribution in [0, 0.1) is 11.3 Å². The lowest BCUT2D eigenvalue weighted by molar-refractivity contribution is 0.353. The normalized spacial score (nSPS) is 15.0. The molecule has 3 aromatic rings. The Morgan fingerprint density at radius 1 is 0.840 bits per heavy atom. The second-order valence-electron chi connectivity index (χ2n) is 6.64. The molecule has 0 spiro atoms. The van der Waals surface area contributed by atoms with Crippen LogP contribution < -0.4 is 0 Å². The first-order valence-corrected chi connectivity index (χ1v) is 9.01. The summed E-state index contributed by atoms with van der Waals surface area (Å²) >= 11 is 0. The van der Waals surface area contributed by atoms with Gasteiger partial charge >= 0.3 is 0 Å². The lowest BCUT2D eigenvalue weighted by Crippen LogP contribution is -2.15. The summed E-state index contributed by atoms with van der Waals surface area (Å²) in [6.07, 6.45) is 5.99. The first-order chi connectivity index (χ1) is 12.4. The molecule has 0 unspecified atom stereocenters. The Morgan fingerprint density at radius 3 is 2.04 bits per heavy atom. The van der Waals surface area contributed by atoms with E-state index in [1.807, 2.05) is 36.4 Å². The number of rotatable bonds is 3. The smallest absolute Gasteiger partial charge is 0.214 e. The molecule has 0 atom stereocenters. The van der Waals surface area contributed by atoms with Gasteiger partial charge in [-0.1, -0.05) is 79.9 Å². The van der Waals surface area contributed by atoms with Crippen LogP contribution in [0.2, 0.25) is 0 Å². The lowest BCUT2D eigenvalue weighted by Gasteiger charge is -2.26. The minimum Gasteiger partial charge on any atom is -0.312 e. The quantitative estimate of drug-likeness (QED) is 0.629. The molecule has 1 aliphatic carbocycles. The van der Waals surface area contributed by atoms with Gasteiger partial charge in [0.25, 0.3) is 0 Å². The Bertz CT molecular complexity index is 882. The number of hydrogen-bond donors (Lipinski definition) is 0. The van der Waals surface area contributed by atoms with Gasteiger partial charge in [0.15, 0.2) is 0 Å². The van der Waals surface area contributed by atoms with Crippen molar-refractivity contribution in [2.75, 3.05) is 0 Å². The van der Waals surface area contributed by atoms with Gasteiger partial charge in [0, 0.05) is 17.2 Å². The van der Waals surface area contributed by atoms with Crippen molar-refractivity contribution in [3.63, 3.8) is 0 Å². The zero-order valence-electron chi connectivity index (χ0n) is 14.2. The van der Waals surface area contributed by atoms with E-state index in [4.69, 9.17) is 4.98 Å². The third kappa shape index (κ3) is 2.96. The number of imidazole rings is 1. The highest BCUT2D eigenvalue weighted by molar-refractivity contribution is 5.79. The number of nitriles is 1. The molecule has 0 amide bonds. The van der Waals surface area contributed by atoms with Crippen molar-refractivity contribution >= 4 is 0 Å². The standard InChI is InChI=1S/C22H21N3/c23-16-20-24-21(17-10-4-1-5-11-17)22(18-12-6-2-7-13-18)25(20)19-14-8-3-9-15-19/h1-2,4-7,10-13,19H,3,8-9,14-15H2. The zero-order valence-corrected chi connectivity index (χ0v) is 14.2. The SMILES string of the molecule is N#Cc1nc(-c2ccccc2)c(-c2ccccc2)n1C1CCCCC1. The van der Waals surface area contributed by atoms with Gasteiger partial charge in [-0.2, -0.15) is 5.26 Å². The summed E-state index contributed by atoms with van der Waals surface area (Å²) in [4.78, 5) is 4.75. The summed E-state index contributed by atoms with van der Waals surface area (Å²) in [5.41, 5.74) is 4.18. The molecule has 4 rings (SSSR count). The number of hydrogen-bond acceptors (Lipinski definition) is 2. The number of benzene rings is 2.